The van der Waals surface area contributed by atoms with Crippen molar-refractivity contribution in [1.82, 2.24) is 10.3 Å². The first-order valence-electron chi connectivity index (χ1n) is 7.76. The SMILES string of the molecule is O=C1NC2(CCCCC2)C(=O)N1/N=C/c1ccc(OC(F)F)cc1. The number of carbonyl (C=O) groups excluding carboxylic acids is 2. The highest BCUT2D eigenvalue weighted by Gasteiger charge is 2.51. The van der Waals surface area contributed by atoms with Crippen molar-refractivity contribution in [1.29, 1.82) is 0 Å². The Balaban J connectivity index is 1.70. The van der Waals surface area contributed by atoms with Crippen LogP contribution in [0.1, 0.15) is 37.7 Å². The summed E-state index contributed by atoms with van der Waals surface area (Å²) in [5.74, 6) is -0.306. The van der Waals surface area contributed by atoms with Gasteiger partial charge in [0, 0.05) is 0 Å². The molecule has 1 heterocycles. The predicted octanol–water partition coefficient (Wildman–Crippen LogP) is 2.88. The van der Waals surface area contributed by atoms with Crippen molar-refractivity contribution in [3.05, 3.63) is 29.8 Å². The van der Waals surface area contributed by atoms with Gasteiger partial charge in [0.15, 0.2) is 0 Å². The molecule has 1 saturated carbocycles. The average Bonchev–Trinajstić information content (AvgIpc) is 2.77. The molecule has 0 unspecified atom stereocenters. The van der Waals surface area contributed by atoms with E-state index in [4.69, 9.17) is 0 Å². The summed E-state index contributed by atoms with van der Waals surface area (Å²) in [6, 6.07) is 5.21. The normalized spacial score (nSPS) is 20.2. The number of imide groups is 1. The molecule has 1 aliphatic carbocycles. The van der Waals surface area contributed by atoms with E-state index in [1.165, 1.54) is 30.5 Å². The van der Waals surface area contributed by atoms with Crippen LogP contribution >= 0.6 is 0 Å². The van der Waals surface area contributed by atoms with Crippen LogP contribution in [-0.4, -0.2) is 35.3 Å². The van der Waals surface area contributed by atoms with Gasteiger partial charge in [-0.15, -0.1) is 5.01 Å². The van der Waals surface area contributed by atoms with Gasteiger partial charge in [0.2, 0.25) is 0 Å². The summed E-state index contributed by atoms with van der Waals surface area (Å²) in [6.07, 6.45) is 5.45. The first kappa shape index (κ1) is 16.4. The van der Waals surface area contributed by atoms with Crippen LogP contribution in [0.3, 0.4) is 0 Å². The third kappa shape index (κ3) is 3.22. The van der Waals surface area contributed by atoms with Crippen molar-refractivity contribution in [3.8, 4) is 5.75 Å². The Labute approximate surface area is 137 Å². The summed E-state index contributed by atoms with van der Waals surface area (Å²) in [5, 5.41) is 7.55. The summed E-state index contributed by atoms with van der Waals surface area (Å²) >= 11 is 0. The minimum Gasteiger partial charge on any atom is -0.435 e. The molecule has 0 aromatic heterocycles. The van der Waals surface area contributed by atoms with Gasteiger partial charge in [-0.2, -0.15) is 13.9 Å². The van der Waals surface area contributed by atoms with Crippen molar-refractivity contribution < 1.29 is 23.1 Å². The van der Waals surface area contributed by atoms with Gasteiger partial charge < -0.3 is 10.1 Å². The topological polar surface area (TPSA) is 71.0 Å². The summed E-state index contributed by atoms with van der Waals surface area (Å²) in [4.78, 5) is 24.5. The monoisotopic (exact) mass is 337 g/mol. The highest BCUT2D eigenvalue weighted by molar-refractivity contribution is 6.07. The lowest BCUT2D eigenvalue weighted by Crippen LogP contribution is -2.48. The molecular weight excluding hydrogens is 320 g/mol. The Morgan fingerprint density at radius 1 is 1.17 bits per heavy atom. The first-order valence-corrected chi connectivity index (χ1v) is 7.76. The number of hydrogen-bond acceptors (Lipinski definition) is 4. The van der Waals surface area contributed by atoms with Gasteiger partial charge >= 0.3 is 12.6 Å². The second kappa shape index (κ2) is 6.54. The number of benzene rings is 1. The van der Waals surface area contributed by atoms with Crippen LogP contribution in [0.5, 0.6) is 5.75 Å². The summed E-state index contributed by atoms with van der Waals surface area (Å²) in [5.41, 5.74) is -0.261. The summed E-state index contributed by atoms with van der Waals surface area (Å²) in [7, 11) is 0. The number of urea groups is 1. The largest absolute Gasteiger partial charge is 0.435 e. The number of nitrogens with zero attached hydrogens (tertiary/aromatic N) is 2. The fraction of sp³-hybridized carbons (Fsp3) is 0.438. The number of ether oxygens (including phenoxy) is 1. The fourth-order valence-corrected chi connectivity index (χ4v) is 3.06. The second-order valence-electron chi connectivity index (χ2n) is 5.88. The highest BCUT2D eigenvalue weighted by atomic mass is 19.3. The number of halogens is 2. The maximum atomic E-state index is 12.5. The van der Waals surface area contributed by atoms with Crippen LogP contribution in [-0.2, 0) is 4.79 Å². The number of rotatable bonds is 4. The lowest BCUT2D eigenvalue weighted by molar-refractivity contribution is -0.132. The number of hydrogen-bond donors (Lipinski definition) is 1. The molecule has 1 aromatic rings. The zero-order valence-corrected chi connectivity index (χ0v) is 12.9. The van der Waals surface area contributed by atoms with Crippen LogP contribution < -0.4 is 10.1 Å². The molecule has 1 aromatic carbocycles. The molecule has 3 amide bonds. The standard InChI is InChI=1S/C16H17F2N3O3/c17-14(18)24-12-6-4-11(5-7-12)10-19-21-13(22)16(20-15(21)23)8-2-1-3-9-16/h4-7,10,14H,1-3,8-9H2,(H,20,23)/b19-10+. The van der Waals surface area contributed by atoms with E-state index in [0.29, 0.717) is 18.4 Å². The van der Waals surface area contributed by atoms with Crippen molar-refractivity contribution in [2.75, 3.05) is 0 Å². The second-order valence-corrected chi connectivity index (χ2v) is 5.88. The Kier molecular flexibility index (Phi) is 4.46. The van der Waals surface area contributed by atoms with E-state index in [-0.39, 0.29) is 11.7 Å². The average molecular weight is 337 g/mol. The first-order chi connectivity index (χ1) is 11.5. The van der Waals surface area contributed by atoms with Crippen LogP contribution in [0, 0.1) is 0 Å². The van der Waals surface area contributed by atoms with Gasteiger partial charge in [-0.1, -0.05) is 19.3 Å². The third-order valence-electron chi connectivity index (χ3n) is 4.27. The molecule has 0 atom stereocenters. The van der Waals surface area contributed by atoms with Gasteiger partial charge in [-0.3, -0.25) is 4.79 Å². The number of alkyl halides is 2. The molecule has 6 nitrogen and oxygen atoms in total. The molecular formula is C16H17F2N3O3. The maximum Gasteiger partial charge on any atom is 0.387 e. The van der Waals surface area contributed by atoms with Crippen LogP contribution in [0.2, 0.25) is 0 Å². The van der Waals surface area contributed by atoms with E-state index in [0.717, 1.165) is 24.3 Å². The number of carbonyl (C=O) groups is 2. The van der Waals surface area contributed by atoms with E-state index in [1.807, 2.05) is 0 Å². The molecule has 2 fully saturated rings. The predicted molar refractivity (Wildman–Crippen MR) is 81.9 cm³/mol. The molecule has 128 valence electrons. The lowest BCUT2D eigenvalue weighted by Gasteiger charge is -2.29. The molecule has 0 radical (unpaired) electrons. The summed E-state index contributed by atoms with van der Waals surface area (Å²) < 4.78 is 28.4. The molecule has 0 bridgehead atoms. The Morgan fingerprint density at radius 2 is 1.83 bits per heavy atom. The van der Waals surface area contributed by atoms with E-state index in [9.17, 15) is 18.4 Å². The number of hydrazone groups is 1. The Bertz CT molecular complexity index is 655. The molecule has 1 N–H and O–H groups in total. The van der Waals surface area contributed by atoms with Crippen LogP contribution in [0.4, 0.5) is 13.6 Å². The highest BCUT2D eigenvalue weighted by Crippen LogP contribution is 2.33. The molecule has 24 heavy (non-hydrogen) atoms. The molecule has 3 rings (SSSR count). The van der Waals surface area contributed by atoms with E-state index in [1.54, 1.807) is 0 Å². The van der Waals surface area contributed by atoms with E-state index >= 15 is 0 Å². The van der Waals surface area contributed by atoms with Crippen molar-refractivity contribution >= 4 is 18.2 Å². The quantitative estimate of drug-likeness (QED) is 0.678. The van der Waals surface area contributed by atoms with Crippen molar-refractivity contribution in [2.24, 2.45) is 5.10 Å². The van der Waals surface area contributed by atoms with Gasteiger partial charge in [0.1, 0.15) is 11.3 Å². The van der Waals surface area contributed by atoms with Crippen LogP contribution in [0.15, 0.2) is 29.4 Å². The smallest absolute Gasteiger partial charge is 0.387 e. The van der Waals surface area contributed by atoms with E-state index < -0.39 is 18.2 Å². The molecule has 8 heteroatoms. The maximum absolute atomic E-state index is 12.5. The Morgan fingerprint density at radius 3 is 2.46 bits per heavy atom. The summed E-state index contributed by atoms with van der Waals surface area (Å²) in [6.45, 7) is -2.89. The van der Waals surface area contributed by atoms with E-state index in [2.05, 4.69) is 15.2 Å². The number of nitrogens with one attached hydrogen (secondary N) is 1. The molecule has 1 aliphatic heterocycles. The zero-order valence-electron chi connectivity index (χ0n) is 12.9. The minimum absolute atomic E-state index is 0.0262. The minimum atomic E-state index is -2.89. The van der Waals surface area contributed by atoms with Gasteiger partial charge in [-0.05, 0) is 42.7 Å². The lowest BCUT2D eigenvalue weighted by atomic mass is 9.82. The zero-order chi connectivity index (χ0) is 17.2. The molecule has 1 saturated heterocycles. The molecule has 2 aliphatic rings. The van der Waals surface area contributed by atoms with Crippen molar-refractivity contribution in [2.45, 2.75) is 44.3 Å². The third-order valence-corrected chi connectivity index (χ3v) is 4.27. The van der Waals surface area contributed by atoms with Crippen LogP contribution in [0.25, 0.3) is 0 Å². The van der Waals surface area contributed by atoms with Gasteiger partial charge in [0.25, 0.3) is 5.91 Å². The fourth-order valence-electron chi connectivity index (χ4n) is 3.06. The number of amides is 3. The van der Waals surface area contributed by atoms with Gasteiger partial charge in [-0.25, -0.2) is 4.79 Å². The van der Waals surface area contributed by atoms with Gasteiger partial charge in [0.05, 0.1) is 6.21 Å². The Hall–Kier alpha value is -2.51. The molecule has 1 spiro atoms. The van der Waals surface area contributed by atoms with Crippen molar-refractivity contribution in [3.63, 3.8) is 0 Å².